The highest BCUT2D eigenvalue weighted by atomic mass is 16.5. The Labute approximate surface area is 194 Å². The molecule has 34 heavy (non-hydrogen) atoms. The smallest absolute Gasteiger partial charge is 0.337 e. The molecule has 0 saturated carbocycles. The number of hydrogen-bond donors (Lipinski definition) is 2. The van der Waals surface area contributed by atoms with Crippen molar-refractivity contribution in [3.05, 3.63) is 71.7 Å². The van der Waals surface area contributed by atoms with Crippen LogP contribution in [0.3, 0.4) is 0 Å². The molecule has 2 aromatic heterocycles. The van der Waals surface area contributed by atoms with Crippen LogP contribution in [-0.2, 0) is 9.47 Å². The van der Waals surface area contributed by atoms with Crippen LogP contribution in [0.15, 0.2) is 54.9 Å². The lowest BCUT2D eigenvalue weighted by Crippen LogP contribution is -2.09. The van der Waals surface area contributed by atoms with Crippen LogP contribution in [0.25, 0.3) is 10.9 Å². The molecule has 0 aliphatic heterocycles. The van der Waals surface area contributed by atoms with Gasteiger partial charge in [0.05, 0.1) is 25.3 Å². The first kappa shape index (κ1) is 22.5. The summed E-state index contributed by atoms with van der Waals surface area (Å²) in [5.74, 6) is -0.421. The summed E-state index contributed by atoms with van der Waals surface area (Å²) in [5, 5.41) is 3.90. The van der Waals surface area contributed by atoms with E-state index in [9.17, 15) is 9.59 Å². The van der Waals surface area contributed by atoms with Gasteiger partial charge in [-0.25, -0.2) is 19.6 Å². The summed E-state index contributed by atoms with van der Waals surface area (Å²) >= 11 is 0. The molecule has 2 aromatic carbocycles. The van der Waals surface area contributed by atoms with Crippen molar-refractivity contribution < 1.29 is 23.8 Å². The van der Waals surface area contributed by atoms with Crippen LogP contribution in [0.2, 0.25) is 0 Å². The van der Waals surface area contributed by atoms with Gasteiger partial charge in [0.25, 0.3) is 0 Å². The number of esters is 2. The standard InChI is InChI=1S/C24H21N5O5/c1-13-7-8-14-5-4-6-18(20(14)28-13)34-22-19(25)21(26-12-27-22)29-17-10-15(23(30)32-2)9-16(11-17)24(31)33-3/h4-12H,25H2,1-3H3,(H,26,27,29). The van der Waals surface area contributed by atoms with Gasteiger partial charge in [-0.1, -0.05) is 18.2 Å². The predicted molar refractivity (Wildman–Crippen MR) is 125 cm³/mol. The number of hydrogen-bond acceptors (Lipinski definition) is 10. The molecule has 4 aromatic rings. The van der Waals surface area contributed by atoms with Gasteiger partial charge in [0.1, 0.15) is 17.5 Å². The second-order valence-electron chi connectivity index (χ2n) is 7.23. The molecule has 0 bridgehead atoms. The number of nitrogens with one attached hydrogen (secondary N) is 1. The average molecular weight is 459 g/mol. The van der Waals surface area contributed by atoms with Crippen molar-refractivity contribution in [3.8, 4) is 11.6 Å². The van der Waals surface area contributed by atoms with Crippen molar-refractivity contribution in [1.29, 1.82) is 0 Å². The molecule has 0 atom stereocenters. The fourth-order valence-corrected chi connectivity index (χ4v) is 3.27. The van der Waals surface area contributed by atoms with Crippen molar-refractivity contribution >= 4 is 40.0 Å². The molecule has 0 radical (unpaired) electrons. The lowest BCUT2D eigenvalue weighted by atomic mass is 10.1. The molecule has 4 rings (SSSR count). The van der Waals surface area contributed by atoms with Gasteiger partial charge in [-0.2, -0.15) is 4.98 Å². The molecule has 0 amide bonds. The predicted octanol–water partition coefficient (Wildman–Crippen LogP) is 4.02. The number of carbonyl (C=O) groups excluding carboxylic acids is 2. The number of nitrogen functional groups attached to an aromatic ring is 1. The molecule has 0 spiro atoms. The molecule has 2 heterocycles. The van der Waals surface area contributed by atoms with Crippen molar-refractivity contribution in [2.24, 2.45) is 0 Å². The van der Waals surface area contributed by atoms with Crippen LogP contribution in [0, 0.1) is 6.92 Å². The number of para-hydroxylation sites is 1. The molecule has 0 fully saturated rings. The summed E-state index contributed by atoms with van der Waals surface area (Å²) in [6.45, 7) is 1.89. The van der Waals surface area contributed by atoms with E-state index in [1.807, 2.05) is 31.2 Å². The number of benzene rings is 2. The quantitative estimate of drug-likeness (QED) is 0.406. The third-order valence-corrected chi connectivity index (χ3v) is 4.91. The van der Waals surface area contributed by atoms with Crippen molar-refractivity contribution in [2.45, 2.75) is 6.92 Å². The summed E-state index contributed by atoms with van der Waals surface area (Å²) in [7, 11) is 2.49. The molecular formula is C24H21N5O5. The number of anilines is 3. The average Bonchev–Trinajstić information content (AvgIpc) is 2.85. The van der Waals surface area contributed by atoms with E-state index in [-0.39, 0.29) is 28.5 Å². The van der Waals surface area contributed by atoms with E-state index in [4.69, 9.17) is 19.9 Å². The minimum atomic E-state index is -0.618. The highest BCUT2D eigenvalue weighted by Crippen LogP contribution is 2.34. The highest BCUT2D eigenvalue weighted by molar-refractivity contribution is 5.97. The SMILES string of the molecule is COC(=O)c1cc(Nc2ncnc(Oc3cccc4ccc(C)nc34)c2N)cc(C(=O)OC)c1. The van der Waals surface area contributed by atoms with E-state index in [0.29, 0.717) is 17.0 Å². The van der Waals surface area contributed by atoms with E-state index < -0.39 is 11.9 Å². The minimum Gasteiger partial charge on any atom is -0.465 e. The van der Waals surface area contributed by atoms with Crippen LogP contribution < -0.4 is 15.8 Å². The minimum absolute atomic E-state index is 0.116. The zero-order valence-corrected chi connectivity index (χ0v) is 18.7. The van der Waals surface area contributed by atoms with E-state index in [2.05, 4.69) is 20.3 Å². The first-order chi connectivity index (χ1) is 16.4. The van der Waals surface area contributed by atoms with Gasteiger partial charge in [0, 0.05) is 16.8 Å². The van der Waals surface area contributed by atoms with Crippen LogP contribution >= 0.6 is 0 Å². The van der Waals surface area contributed by atoms with Crippen LogP contribution in [0.1, 0.15) is 26.4 Å². The van der Waals surface area contributed by atoms with Crippen LogP contribution in [-0.4, -0.2) is 41.1 Å². The first-order valence-corrected chi connectivity index (χ1v) is 10.1. The van der Waals surface area contributed by atoms with Gasteiger partial charge in [0.2, 0.25) is 5.88 Å². The summed E-state index contributed by atoms with van der Waals surface area (Å²) < 4.78 is 15.5. The molecule has 3 N–H and O–H groups in total. The summed E-state index contributed by atoms with van der Waals surface area (Å²) in [5.41, 5.74) is 8.57. The molecule has 10 heteroatoms. The second-order valence-corrected chi connectivity index (χ2v) is 7.23. The first-order valence-electron chi connectivity index (χ1n) is 10.1. The molecule has 172 valence electrons. The number of fused-ring (bicyclic) bond motifs is 1. The number of rotatable bonds is 6. The fourth-order valence-electron chi connectivity index (χ4n) is 3.27. The van der Waals surface area contributed by atoms with Gasteiger partial charge in [-0.05, 0) is 37.3 Å². The fraction of sp³-hybridized carbons (Fsp3) is 0.125. The highest BCUT2D eigenvalue weighted by Gasteiger charge is 2.17. The Morgan fingerprint density at radius 2 is 1.65 bits per heavy atom. The molecular weight excluding hydrogens is 438 g/mol. The number of nitrogens with two attached hydrogens (primary N) is 1. The van der Waals surface area contributed by atoms with E-state index in [1.54, 1.807) is 6.07 Å². The monoisotopic (exact) mass is 459 g/mol. The van der Waals surface area contributed by atoms with Gasteiger partial charge >= 0.3 is 11.9 Å². The third-order valence-electron chi connectivity index (χ3n) is 4.91. The van der Waals surface area contributed by atoms with Gasteiger partial charge in [-0.15, -0.1) is 0 Å². The maximum absolute atomic E-state index is 12.1. The number of nitrogens with zero attached hydrogens (tertiary/aromatic N) is 3. The Kier molecular flexibility index (Phi) is 6.22. The van der Waals surface area contributed by atoms with Crippen molar-refractivity contribution in [2.75, 3.05) is 25.3 Å². The Morgan fingerprint density at radius 3 is 2.32 bits per heavy atom. The van der Waals surface area contributed by atoms with Crippen LogP contribution in [0.4, 0.5) is 17.2 Å². The Hall–Kier alpha value is -4.73. The second kappa shape index (κ2) is 9.41. The number of aromatic nitrogens is 3. The summed E-state index contributed by atoms with van der Waals surface area (Å²) in [6, 6.07) is 13.8. The van der Waals surface area contributed by atoms with E-state index in [1.165, 1.54) is 38.7 Å². The Morgan fingerprint density at radius 1 is 0.941 bits per heavy atom. The van der Waals surface area contributed by atoms with E-state index in [0.717, 1.165) is 11.1 Å². The number of carbonyl (C=O) groups is 2. The maximum atomic E-state index is 12.1. The lowest BCUT2D eigenvalue weighted by Gasteiger charge is -2.14. The summed E-state index contributed by atoms with van der Waals surface area (Å²) in [4.78, 5) is 37.0. The Bertz CT molecular complexity index is 1370. The van der Waals surface area contributed by atoms with Gasteiger partial charge in [-0.3, -0.25) is 0 Å². The molecule has 0 saturated heterocycles. The number of aryl methyl sites for hydroxylation is 1. The summed E-state index contributed by atoms with van der Waals surface area (Å²) in [6.07, 6.45) is 1.28. The third kappa shape index (κ3) is 4.56. The van der Waals surface area contributed by atoms with Gasteiger partial charge in [0.15, 0.2) is 11.6 Å². The molecule has 10 nitrogen and oxygen atoms in total. The Balaban J connectivity index is 1.69. The topological polar surface area (TPSA) is 139 Å². The molecule has 0 aliphatic carbocycles. The molecule has 0 unspecified atom stereocenters. The zero-order valence-electron chi connectivity index (χ0n) is 18.7. The normalized spacial score (nSPS) is 10.6. The van der Waals surface area contributed by atoms with Crippen molar-refractivity contribution in [1.82, 2.24) is 15.0 Å². The van der Waals surface area contributed by atoms with Crippen molar-refractivity contribution in [3.63, 3.8) is 0 Å². The number of methoxy groups -OCH3 is 2. The maximum Gasteiger partial charge on any atom is 0.337 e. The number of pyridine rings is 1. The van der Waals surface area contributed by atoms with Gasteiger partial charge < -0.3 is 25.3 Å². The molecule has 0 aliphatic rings. The largest absolute Gasteiger partial charge is 0.465 e. The lowest BCUT2D eigenvalue weighted by molar-refractivity contribution is 0.0599. The number of ether oxygens (including phenoxy) is 3. The van der Waals surface area contributed by atoms with Crippen LogP contribution in [0.5, 0.6) is 11.6 Å². The zero-order chi connectivity index (χ0) is 24.2. The van der Waals surface area contributed by atoms with E-state index >= 15 is 0 Å².